The van der Waals surface area contributed by atoms with Gasteiger partial charge in [0.2, 0.25) is 0 Å². The van der Waals surface area contributed by atoms with Gasteiger partial charge < -0.3 is 9.47 Å². The van der Waals surface area contributed by atoms with Crippen molar-refractivity contribution >= 4 is 5.97 Å². The Balaban J connectivity index is 1.61. The molecule has 1 saturated carbocycles. The summed E-state index contributed by atoms with van der Waals surface area (Å²) in [6.45, 7) is 2.91. The van der Waals surface area contributed by atoms with Crippen LogP contribution in [0.2, 0.25) is 0 Å². The van der Waals surface area contributed by atoms with Gasteiger partial charge in [0.05, 0.1) is 18.6 Å². The molecule has 3 fully saturated rings. The van der Waals surface area contributed by atoms with E-state index in [2.05, 4.69) is 4.90 Å². The minimum absolute atomic E-state index is 0.0286. The SMILES string of the molecule is COC(=O)C1CCCN(C2CCOC3(CCCCC3)C2)C1. The van der Waals surface area contributed by atoms with E-state index in [9.17, 15) is 4.79 Å². The molecule has 2 unspecified atom stereocenters. The van der Waals surface area contributed by atoms with Crippen LogP contribution < -0.4 is 0 Å². The Hall–Kier alpha value is -0.610. The third-order valence-corrected chi connectivity index (χ3v) is 5.74. The van der Waals surface area contributed by atoms with Crippen molar-refractivity contribution in [3.05, 3.63) is 0 Å². The smallest absolute Gasteiger partial charge is 0.309 e. The zero-order valence-corrected chi connectivity index (χ0v) is 13.3. The highest BCUT2D eigenvalue weighted by Crippen LogP contribution is 2.40. The van der Waals surface area contributed by atoms with E-state index in [0.717, 1.165) is 39.0 Å². The number of esters is 1. The topological polar surface area (TPSA) is 38.8 Å². The summed E-state index contributed by atoms with van der Waals surface area (Å²) in [4.78, 5) is 14.4. The molecule has 4 nitrogen and oxygen atoms in total. The van der Waals surface area contributed by atoms with E-state index in [0.29, 0.717) is 6.04 Å². The average molecular weight is 295 g/mol. The lowest BCUT2D eigenvalue weighted by molar-refractivity contribution is -0.150. The lowest BCUT2D eigenvalue weighted by Crippen LogP contribution is -2.52. The molecule has 3 aliphatic rings. The van der Waals surface area contributed by atoms with Crippen molar-refractivity contribution in [3.8, 4) is 0 Å². The van der Waals surface area contributed by atoms with Crippen molar-refractivity contribution in [1.29, 1.82) is 0 Å². The van der Waals surface area contributed by atoms with Crippen LogP contribution in [-0.2, 0) is 14.3 Å². The number of nitrogens with zero attached hydrogens (tertiary/aromatic N) is 1. The Kier molecular flexibility index (Phi) is 4.85. The maximum Gasteiger partial charge on any atom is 0.309 e. The highest BCUT2D eigenvalue weighted by Gasteiger charge is 2.41. The fraction of sp³-hybridized carbons (Fsp3) is 0.941. The molecule has 2 aliphatic heterocycles. The normalized spacial score (nSPS) is 33.8. The summed E-state index contributed by atoms with van der Waals surface area (Å²) in [5.74, 6) is 0.0491. The molecule has 0 amide bonds. The van der Waals surface area contributed by atoms with Crippen LogP contribution in [-0.4, -0.2) is 49.3 Å². The molecule has 120 valence electrons. The fourth-order valence-electron chi connectivity index (χ4n) is 4.56. The Bertz CT molecular complexity index is 360. The minimum atomic E-state index is -0.0286. The molecule has 0 bridgehead atoms. The molecule has 0 aromatic carbocycles. The van der Waals surface area contributed by atoms with Crippen LogP contribution in [0.4, 0.5) is 0 Å². The van der Waals surface area contributed by atoms with Crippen LogP contribution in [0.25, 0.3) is 0 Å². The van der Waals surface area contributed by atoms with Crippen molar-refractivity contribution in [3.63, 3.8) is 0 Å². The van der Waals surface area contributed by atoms with Crippen molar-refractivity contribution < 1.29 is 14.3 Å². The van der Waals surface area contributed by atoms with E-state index in [1.54, 1.807) is 0 Å². The van der Waals surface area contributed by atoms with Gasteiger partial charge in [-0.25, -0.2) is 0 Å². The first kappa shape index (κ1) is 15.3. The van der Waals surface area contributed by atoms with Gasteiger partial charge in [0.1, 0.15) is 0 Å². The molecule has 2 heterocycles. The van der Waals surface area contributed by atoms with Crippen LogP contribution in [0.15, 0.2) is 0 Å². The molecular weight excluding hydrogens is 266 g/mol. The summed E-state index contributed by atoms with van der Waals surface area (Å²) in [6.07, 6.45) is 10.9. The zero-order chi connectivity index (χ0) is 14.7. The molecule has 0 N–H and O–H groups in total. The van der Waals surface area contributed by atoms with Crippen LogP contribution in [0.1, 0.15) is 57.8 Å². The van der Waals surface area contributed by atoms with Crippen LogP contribution in [0.3, 0.4) is 0 Å². The van der Waals surface area contributed by atoms with Gasteiger partial charge in [0.15, 0.2) is 0 Å². The van der Waals surface area contributed by atoms with Crippen LogP contribution in [0.5, 0.6) is 0 Å². The Morgan fingerprint density at radius 2 is 2.00 bits per heavy atom. The standard InChI is InChI=1S/C17H29NO3/c1-20-16(19)14-6-5-10-18(13-14)15-7-11-21-17(12-15)8-3-2-4-9-17/h14-15H,2-13H2,1H3. The summed E-state index contributed by atoms with van der Waals surface area (Å²) < 4.78 is 11.1. The molecule has 21 heavy (non-hydrogen) atoms. The summed E-state index contributed by atoms with van der Waals surface area (Å²) in [6, 6.07) is 0.601. The second-order valence-corrected chi connectivity index (χ2v) is 7.10. The molecule has 4 heteroatoms. The summed E-state index contributed by atoms with van der Waals surface area (Å²) >= 11 is 0. The third-order valence-electron chi connectivity index (χ3n) is 5.74. The lowest BCUT2D eigenvalue weighted by atomic mass is 9.77. The Labute approximate surface area is 128 Å². The van der Waals surface area contributed by atoms with Gasteiger partial charge in [-0.2, -0.15) is 0 Å². The summed E-state index contributed by atoms with van der Waals surface area (Å²) in [5.41, 5.74) is 0.152. The molecule has 3 rings (SSSR count). The van der Waals surface area contributed by atoms with Gasteiger partial charge in [0.25, 0.3) is 0 Å². The largest absolute Gasteiger partial charge is 0.469 e. The predicted octanol–water partition coefficient (Wildman–Crippen LogP) is 2.75. The summed E-state index contributed by atoms with van der Waals surface area (Å²) in [5, 5.41) is 0. The second-order valence-electron chi connectivity index (χ2n) is 7.10. The average Bonchev–Trinajstić information content (AvgIpc) is 2.55. The van der Waals surface area contributed by atoms with Gasteiger partial charge in [-0.3, -0.25) is 9.69 Å². The first-order valence-electron chi connectivity index (χ1n) is 8.68. The van der Waals surface area contributed by atoms with E-state index in [1.807, 2.05) is 0 Å². The number of hydrogen-bond acceptors (Lipinski definition) is 4. The fourth-order valence-corrected chi connectivity index (χ4v) is 4.56. The highest BCUT2D eigenvalue weighted by molar-refractivity contribution is 5.72. The maximum atomic E-state index is 11.8. The Morgan fingerprint density at radius 1 is 1.19 bits per heavy atom. The van der Waals surface area contributed by atoms with Crippen LogP contribution in [0, 0.1) is 5.92 Å². The maximum absolute atomic E-state index is 11.8. The number of ether oxygens (including phenoxy) is 2. The van der Waals surface area contributed by atoms with E-state index < -0.39 is 0 Å². The van der Waals surface area contributed by atoms with E-state index in [-0.39, 0.29) is 17.5 Å². The number of carbonyl (C=O) groups is 1. The molecule has 2 saturated heterocycles. The van der Waals surface area contributed by atoms with Crippen molar-refractivity contribution in [2.24, 2.45) is 5.92 Å². The molecule has 1 spiro atoms. The van der Waals surface area contributed by atoms with Gasteiger partial charge in [-0.05, 0) is 45.1 Å². The van der Waals surface area contributed by atoms with Crippen molar-refractivity contribution in [2.75, 3.05) is 26.8 Å². The molecular formula is C17H29NO3. The Morgan fingerprint density at radius 3 is 2.76 bits per heavy atom. The highest BCUT2D eigenvalue weighted by atomic mass is 16.5. The van der Waals surface area contributed by atoms with Crippen molar-refractivity contribution in [1.82, 2.24) is 4.90 Å². The quantitative estimate of drug-likeness (QED) is 0.734. The van der Waals surface area contributed by atoms with Gasteiger partial charge in [-0.1, -0.05) is 19.3 Å². The first-order chi connectivity index (χ1) is 10.2. The number of likely N-dealkylation sites (tertiary alicyclic amines) is 1. The molecule has 0 aromatic heterocycles. The summed E-state index contributed by atoms with van der Waals surface area (Å²) in [7, 11) is 1.51. The van der Waals surface area contributed by atoms with E-state index in [1.165, 1.54) is 45.6 Å². The monoisotopic (exact) mass is 295 g/mol. The number of carbonyl (C=O) groups excluding carboxylic acids is 1. The number of piperidine rings is 1. The zero-order valence-electron chi connectivity index (χ0n) is 13.3. The number of rotatable bonds is 2. The van der Waals surface area contributed by atoms with Crippen LogP contribution >= 0.6 is 0 Å². The van der Waals surface area contributed by atoms with Gasteiger partial charge in [-0.15, -0.1) is 0 Å². The van der Waals surface area contributed by atoms with Gasteiger partial charge >= 0.3 is 5.97 Å². The van der Waals surface area contributed by atoms with Gasteiger partial charge in [0, 0.05) is 19.2 Å². The molecule has 0 radical (unpaired) electrons. The molecule has 0 aromatic rings. The minimum Gasteiger partial charge on any atom is -0.469 e. The number of methoxy groups -OCH3 is 1. The van der Waals surface area contributed by atoms with E-state index in [4.69, 9.17) is 9.47 Å². The third kappa shape index (κ3) is 3.42. The molecule has 2 atom stereocenters. The van der Waals surface area contributed by atoms with E-state index >= 15 is 0 Å². The number of hydrogen-bond donors (Lipinski definition) is 0. The lowest BCUT2D eigenvalue weighted by Gasteiger charge is -2.48. The molecule has 1 aliphatic carbocycles. The second kappa shape index (κ2) is 6.66. The predicted molar refractivity (Wildman–Crippen MR) is 81.1 cm³/mol. The first-order valence-corrected chi connectivity index (χ1v) is 8.68. The van der Waals surface area contributed by atoms with Crippen molar-refractivity contribution in [2.45, 2.75) is 69.4 Å².